The monoisotopic (exact) mass is 718 g/mol. The molecule has 0 bridgehead atoms. The summed E-state index contributed by atoms with van der Waals surface area (Å²) in [7, 11) is 2.85. The predicted octanol–water partition coefficient (Wildman–Crippen LogP) is 10.4. The Bertz CT molecular complexity index is 2110. The van der Waals surface area contributed by atoms with E-state index in [0.717, 1.165) is 35.0 Å². The maximum Gasteiger partial charge on any atom is 0.454 e. The Balaban J connectivity index is 1.69. The third-order valence-corrected chi connectivity index (χ3v) is 8.33. The lowest BCUT2D eigenvalue weighted by Gasteiger charge is -2.24. The normalized spacial score (nSPS) is 11.9. The summed E-state index contributed by atoms with van der Waals surface area (Å²) in [5.41, 5.74) is 1.73. The Hall–Kier alpha value is -5.72. The molecule has 266 valence electrons. The first-order valence-corrected chi connectivity index (χ1v) is 15.6. The van der Waals surface area contributed by atoms with Crippen molar-refractivity contribution >= 4 is 33.1 Å². The van der Waals surface area contributed by atoms with E-state index in [9.17, 15) is 35.9 Å². The SMILES string of the molecule is COCOc1c(-c2ccc(C(=O)C(F)(F)F)cc2)cc2ccccc2c1-c1c(OCOC)c(-c2ccc(C(=O)C(F)(F)F)cc2)cc2ccccc12. The van der Waals surface area contributed by atoms with Crippen LogP contribution in [0.5, 0.6) is 11.5 Å². The molecule has 0 aliphatic carbocycles. The molecule has 6 rings (SSSR count). The maximum absolute atomic E-state index is 13.2. The van der Waals surface area contributed by atoms with Crippen molar-refractivity contribution in [3.63, 3.8) is 0 Å². The minimum atomic E-state index is -5.05. The summed E-state index contributed by atoms with van der Waals surface area (Å²) in [6.07, 6.45) is -10.1. The van der Waals surface area contributed by atoms with Crippen LogP contribution in [0.25, 0.3) is 54.9 Å². The van der Waals surface area contributed by atoms with Crippen molar-refractivity contribution in [2.75, 3.05) is 27.8 Å². The number of ether oxygens (including phenoxy) is 4. The van der Waals surface area contributed by atoms with Crippen LogP contribution in [0.2, 0.25) is 0 Å². The van der Waals surface area contributed by atoms with E-state index >= 15 is 0 Å². The van der Waals surface area contributed by atoms with Gasteiger partial charge in [-0.1, -0.05) is 97.1 Å². The predicted molar refractivity (Wildman–Crippen MR) is 184 cm³/mol. The van der Waals surface area contributed by atoms with Crippen LogP contribution in [0, 0.1) is 0 Å². The van der Waals surface area contributed by atoms with Gasteiger partial charge in [-0.05, 0) is 44.8 Å². The second kappa shape index (κ2) is 14.5. The number of hydrogen-bond acceptors (Lipinski definition) is 6. The van der Waals surface area contributed by atoms with Gasteiger partial charge in [-0.3, -0.25) is 9.59 Å². The van der Waals surface area contributed by atoms with Gasteiger partial charge >= 0.3 is 12.4 Å². The van der Waals surface area contributed by atoms with Gasteiger partial charge in [-0.25, -0.2) is 0 Å². The average Bonchev–Trinajstić information content (AvgIpc) is 3.14. The highest BCUT2D eigenvalue weighted by Crippen LogP contribution is 2.52. The summed E-state index contributed by atoms with van der Waals surface area (Å²) in [4.78, 5) is 23.9. The highest BCUT2D eigenvalue weighted by atomic mass is 19.4. The van der Waals surface area contributed by atoms with Crippen molar-refractivity contribution in [3.8, 4) is 44.9 Å². The van der Waals surface area contributed by atoms with Crippen molar-refractivity contribution < 1.29 is 54.9 Å². The number of ketones is 2. The van der Waals surface area contributed by atoms with Crippen LogP contribution < -0.4 is 9.47 Å². The minimum absolute atomic E-state index is 0.233. The molecule has 0 spiro atoms. The van der Waals surface area contributed by atoms with Crippen LogP contribution in [0.1, 0.15) is 20.7 Å². The molecule has 0 atom stereocenters. The zero-order valence-corrected chi connectivity index (χ0v) is 27.5. The van der Waals surface area contributed by atoms with Gasteiger partial charge in [0, 0.05) is 47.6 Å². The molecule has 6 aromatic carbocycles. The minimum Gasteiger partial charge on any atom is -0.466 e. The van der Waals surface area contributed by atoms with Crippen molar-refractivity contribution in [2.45, 2.75) is 12.4 Å². The summed E-state index contributed by atoms with van der Waals surface area (Å²) in [5.74, 6) is -3.42. The number of fused-ring (bicyclic) bond motifs is 2. The van der Waals surface area contributed by atoms with Crippen LogP contribution in [0.3, 0.4) is 0 Å². The van der Waals surface area contributed by atoms with Crippen LogP contribution in [-0.2, 0) is 9.47 Å². The molecule has 0 saturated carbocycles. The number of rotatable bonds is 11. The van der Waals surface area contributed by atoms with Crippen LogP contribution in [0.15, 0.2) is 109 Å². The first-order chi connectivity index (χ1) is 24.8. The van der Waals surface area contributed by atoms with Crippen molar-refractivity contribution in [2.24, 2.45) is 0 Å². The van der Waals surface area contributed by atoms with Gasteiger partial charge in [-0.15, -0.1) is 0 Å². The second-order valence-electron chi connectivity index (χ2n) is 11.6. The summed E-state index contributed by atoms with van der Waals surface area (Å²) < 4.78 is 103. The zero-order chi connectivity index (χ0) is 37.2. The van der Waals surface area contributed by atoms with Crippen molar-refractivity contribution in [1.29, 1.82) is 0 Å². The molecule has 0 fully saturated rings. The molecular weight excluding hydrogens is 690 g/mol. The lowest BCUT2D eigenvalue weighted by Crippen LogP contribution is -2.22. The second-order valence-corrected chi connectivity index (χ2v) is 11.6. The summed E-state index contributed by atoms with van der Waals surface area (Å²) in [6, 6.07) is 28.3. The van der Waals surface area contributed by atoms with E-state index in [1.807, 2.05) is 60.7 Å². The fraction of sp³-hybridized carbons (Fsp3) is 0.150. The standard InChI is InChI=1S/C40H28F6O6/c1-49-21-51-35-31(23-11-15-25(16-12-23)37(47)39(41,42)43)19-27-7-3-5-9-29(27)33(35)34-30-10-6-4-8-28(30)20-32(36(34)52-22-50-2)24-13-17-26(18-14-24)38(48)40(44,45)46/h3-20H,21-22H2,1-2H3. The zero-order valence-electron chi connectivity index (χ0n) is 27.5. The molecule has 0 N–H and O–H groups in total. The number of hydrogen-bond donors (Lipinski definition) is 0. The topological polar surface area (TPSA) is 71.1 Å². The van der Waals surface area contributed by atoms with E-state index in [2.05, 4.69) is 0 Å². The Morgan fingerprint density at radius 3 is 1.19 bits per heavy atom. The molecule has 0 saturated heterocycles. The van der Waals surface area contributed by atoms with Gasteiger partial charge < -0.3 is 18.9 Å². The lowest BCUT2D eigenvalue weighted by atomic mass is 9.86. The molecule has 0 unspecified atom stereocenters. The number of alkyl halides is 6. The Kier molecular flexibility index (Phi) is 10.1. The van der Waals surface area contributed by atoms with Crippen molar-refractivity contribution in [1.82, 2.24) is 0 Å². The van der Waals surface area contributed by atoms with E-state index in [1.54, 1.807) is 0 Å². The third kappa shape index (κ3) is 7.07. The van der Waals surface area contributed by atoms with Gasteiger partial charge in [0.25, 0.3) is 11.6 Å². The number of carbonyl (C=O) groups is 2. The van der Waals surface area contributed by atoms with E-state index in [0.29, 0.717) is 44.2 Å². The van der Waals surface area contributed by atoms with E-state index in [1.165, 1.54) is 38.5 Å². The smallest absolute Gasteiger partial charge is 0.454 e. The van der Waals surface area contributed by atoms with Gasteiger partial charge in [0.1, 0.15) is 11.5 Å². The summed E-state index contributed by atoms with van der Waals surface area (Å²) >= 11 is 0. The lowest BCUT2D eigenvalue weighted by molar-refractivity contribution is -0.0888. The molecular formula is C40H28F6O6. The molecule has 12 heteroatoms. The first kappa shape index (κ1) is 36.1. The quantitative estimate of drug-likeness (QED) is 0.0755. The Morgan fingerprint density at radius 1 is 0.519 bits per heavy atom. The Labute approximate surface area is 293 Å². The Morgan fingerprint density at radius 2 is 0.865 bits per heavy atom. The summed E-state index contributed by atoms with van der Waals surface area (Å²) in [5, 5.41) is 2.82. The van der Waals surface area contributed by atoms with Gasteiger partial charge in [-0.2, -0.15) is 26.3 Å². The third-order valence-electron chi connectivity index (χ3n) is 8.33. The van der Waals surface area contributed by atoms with E-state index in [-0.39, 0.29) is 25.1 Å². The number of Topliss-reactive ketones (excluding diaryl/α,β-unsaturated/α-hetero) is 2. The number of benzene rings is 6. The van der Waals surface area contributed by atoms with Gasteiger partial charge in [0.2, 0.25) is 0 Å². The fourth-order valence-electron chi connectivity index (χ4n) is 6.05. The molecule has 0 aromatic heterocycles. The average molecular weight is 719 g/mol. The summed E-state index contributed by atoms with van der Waals surface area (Å²) in [6.45, 7) is -0.465. The van der Waals surface area contributed by atoms with Gasteiger partial charge in [0.05, 0.1) is 0 Å². The molecule has 52 heavy (non-hydrogen) atoms. The number of methoxy groups -OCH3 is 2. The maximum atomic E-state index is 13.2. The first-order valence-electron chi connectivity index (χ1n) is 15.6. The fourth-order valence-corrected chi connectivity index (χ4v) is 6.05. The van der Waals surface area contributed by atoms with E-state index in [4.69, 9.17) is 18.9 Å². The molecule has 6 aromatic rings. The van der Waals surface area contributed by atoms with Crippen LogP contribution in [-0.4, -0.2) is 51.7 Å². The van der Waals surface area contributed by atoms with Gasteiger partial charge in [0.15, 0.2) is 13.6 Å². The van der Waals surface area contributed by atoms with Crippen molar-refractivity contribution in [3.05, 3.63) is 120 Å². The molecule has 6 nitrogen and oxygen atoms in total. The van der Waals surface area contributed by atoms with Crippen LogP contribution in [0.4, 0.5) is 26.3 Å². The molecule has 0 aliphatic rings. The highest BCUT2D eigenvalue weighted by molar-refractivity contribution is 6.14. The molecule has 0 aliphatic heterocycles. The molecule has 0 heterocycles. The van der Waals surface area contributed by atoms with E-state index < -0.39 is 35.0 Å². The highest BCUT2D eigenvalue weighted by Gasteiger charge is 2.40. The number of halogens is 6. The molecule has 0 radical (unpaired) electrons. The molecule has 0 amide bonds. The number of carbonyl (C=O) groups excluding carboxylic acids is 2. The van der Waals surface area contributed by atoms with Crippen LogP contribution >= 0.6 is 0 Å². The largest absolute Gasteiger partial charge is 0.466 e.